The normalized spacial score (nSPS) is 24.6. The maximum absolute atomic E-state index is 15.9. The van der Waals surface area contributed by atoms with Gasteiger partial charge in [0, 0.05) is 106 Å². The van der Waals surface area contributed by atoms with E-state index in [4.69, 9.17) is 22.6 Å². The Labute approximate surface area is 789 Å². The highest BCUT2D eigenvalue weighted by Gasteiger charge is 2.47. The average molecular weight is 1920 g/mol. The number of aromatic amines is 1. The van der Waals surface area contributed by atoms with Gasteiger partial charge in [0.1, 0.15) is 96.9 Å². The minimum absolute atomic E-state index is 0.00455. The highest BCUT2D eigenvalue weighted by atomic mass is 32.2. The van der Waals surface area contributed by atoms with Crippen LogP contribution in [0, 0.1) is 11.3 Å². The molecule has 5 aromatic rings. The zero-order valence-electron chi connectivity index (χ0n) is 77.4. The predicted octanol–water partition coefficient (Wildman–Crippen LogP) is -4.34. The number of para-hydroxylation sites is 2. The summed E-state index contributed by atoms with van der Waals surface area (Å²) in [6.07, 6.45) is 0.165. The van der Waals surface area contributed by atoms with Crippen LogP contribution in [-0.2, 0) is 112 Å². The monoisotopic (exact) mass is 1920 g/mol. The van der Waals surface area contributed by atoms with E-state index >= 15 is 33.6 Å². The Kier molecular flexibility index (Phi) is 40.7. The smallest absolute Gasteiger partial charge is 0.323 e. The molecular formula is C90H128N22O23S. The number of guanidine groups is 1. The number of nitrogens with zero attached hydrogens (tertiary/aromatic N) is 6. The van der Waals surface area contributed by atoms with Crippen molar-refractivity contribution in [3.63, 3.8) is 0 Å². The number of carbonyl (C=O) groups excluding carboxylic acids is 17. The molecule has 3 aliphatic heterocycles. The number of carboxylic acids is 1. The minimum atomic E-state index is -1.98. The molecule has 45 nitrogen and oxygen atoms in total. The van der Waals surface area contributed by atoms with Crippen LogP contribution >= 0.6 is 11.8 Å². The van der Waals surface area contributed by atoms with Crippen LogP contribution in [0.1, 0.15) is 135 Å². The molecule has 17 amide bonds. The minimum Gasteiger partial charge on any atom is -0.508 e. The van der Waals surface area contributed by atoms with E-state index in [0.717, 1.165) is 36.3 Å². The van der Waals surface area contributed by atoms with Crippen molar-refractivity contribution >= 4 is 146 Å². The second-order valence-corrected chi connectivity index (χ2v) is 35.7. The Morgan fingerprint density at radius 1 is 0.559 bits per heavy atom. The second-order valence-electron chi connectivity index (χ2n) is 34.7. The number of thioether (sulfide) groups is 1. The molecule has 0 unspecified atom stereocenters. The number of hydrogen-bond donors (Lipinski definition) is 21. The van der Waals surface area contributed by atoms with Crippen LogP contribution in [0.25, 0.3) is 21.8 Å². The molecule has 3 aromatic carbocycles. The first kappa shape index (κ1) is 108. The van der Waals surface area contributed by atoms with Crippen LogP contribution in [0.4, 0.5) is 0 Å². The maximum atomic E-state index is 15.9. The van der Waals surface area contributed by atoms with Crippen molar-refractivity contribution in [2.75, 3.05) is 72.0 Å². The number of likely N-dealkylation sites (N-methyl/N-ethyl adjacent to an activating group) is 3. The molecule has 46 heteroatoms. The second kappa shape index (κ2) is 51.3. The Morgan fingerprint density at radius 2 is 1.11 bits per heavy atom. The van der Waals surface area contributed by atoms with Gasteiger partial charge in [-0.15, -0.1) is 11.8 Å². The molecule has 15 atom stereocenters. The van der Waals surface area contributed by atoms with Gasteiger partial charge in [0.05, 0.1) is 38.0 Å². The number of carboxylic acid groups (broad SMARTS) is 1. The van der Waals surface area contributed by atoms with Crippen LogP contribution in [0.15, 0.2) is 85.2 Å². The number of nitrogens with two attached hydrogens (primary N) is 3. The van der Waals surface area contributed by atoms with Crippen molar-refractivity contribution < 1.29 is 112 Å². The van der Waals surface area contributed by atoms with Gasteiger partial charge in [-0.25, -0.2) is 0 Å². The fraction of sp³-hybridized carbons (Fsp3) is 0.544. The molecule has 0 spiro atoms. The first-order chi connectivity index (χ1) is 64.6. The van der Waals surface area contributed by atoms with Gasteiger partial charge in [0.2, 0.25) is 100 Å². The third-order valence-corrected chi connectivity index (χ3v) is 25.1. The molecule has 0 radical (unpaired) electrons. The Morgan fingerprint density at radius 3 is 1.74 bits per heavy atom. The number of aliphatic hydroxyl groups excluding tert-OH is 3. The zero-order chi connectivity index (χ0) is 100. The predicted molar refractivity (Wildman–Crippen MR) is 496 cm³/mol. The van der Waals surface area contributed by atoms with Crippen molar-refractivity contribution in [3.8, 4) is 5.75 Å². The van der Waals surface area contributed by atoms with Crippen LogP contribution in [0.3, 0.4) is 0 Å². The number of aliphatic carboxylic acids is 1. The number of rotatable bonds is 27. The van der Waals surface area contributed by atoms with Crippen molar-refractivity contribution in [2.24, 2.45) is 23.1 Å². The molecule has 8 rings (SSSR count). The standard InChI is InChI=1S/C90H128N22O23S/c1-9-11-23-68-82(128)99-58(22-17-31-95-90(93)94)78(124)106-66(77(123)97-40-73(92)118)46-136-47-74(119)98-61(34-50-27-29-53(115)30-28-50)85(131)107(6)49(5)76(122)101-63(38-72(91)117)87(133)111-32-18-26-69(111)83(129)105-65(45-114)81(127)102-60(33-48(3)4)88(134)112-42-54(116)37-71(112)84(130)100-59(35-51-39-96-57-21-15-13-19-55(51)57)79(125)104-64(44-113)80(126)103-62(86(132)109(8)70(24-12-10-2)89(135)108(68)7)36-52-41-110(43-75(120)121)67-25-16-14-20-56(52)67/h13-16,19-21,25,27-30,39,41,48-49,54,58-66,68-71,96,113-116H,9-12,17-18,22-24,26,31-38,40,42-47H2,1-8H3,(H2,91,117)(H2,92,118)(H,97,123)(H,98,119)(H,99,128)(H,100,130)(H,101,122)(H,102,127)(H,103,126)(H,104,125)(H,105,129)(H,106,124)(H,120,121)(H4,93,94,95)/t49-,54+,58-,59-,60-,61-,62-,63-,64-,65-,66-,68-,69-,70-,71-/m0/s1. The Hall–Kier alpha value is -13.5. The third kappa shape index (κ3) is 30.0. The molecule has 0 saturated carbocycles. The van der Waals surface area contributed by atoms with Crippen molar-refractivity contribution in [1.29, 1.82) is 5.41 Å². The lowest BCUT2D eigenvalue weighted by Crippen LogP contribution is -2.62. The fourth-order valence-corrected chi connectivity index (χ4v) is 17.5. The van der Waals surface area contributed by atoms with Gasteiger partial charge < -0.3 is 135 Å². The quantitative estimate of drug-likeness (QED) is 0.0134. The first-order valence-corrected chi connectivity index (χ1v) is 46.4. The molecule has 136 heavy (non-hydrogen) atoms. The van der Waals surface area contributed by atoms with Gasteiger partial charge in [-0.1, -0.05) is 102 Å². The Bertz CT molecular complexity index is 5150. The summed E-state index contributed by atoms with van der Waals surface area (Å²) < 4.78 is 1.40. The lowest BCUT2D eigenvalue weighted by Gasteiger charge is -2.36. The summed E-state index contributed by atoms with van der Waals surface area (Å²) in [7, 11) is 3.77. The third-order valence-electron chi connectivity index (χ3n) is 24.0. The average Bonchev–Trinajstić information content (AvgIpc) is 1.65. The number of aromatic hydroxyl groups is 1. The summed E-state index contributed by atoms with van der Waals surface area (Å²) in [5, 5.41) is 90.8. The number of aromatic nitrogens is 2. The summed E-state index contributed by atoms with van der Waals surface area (Å²) in [4.78, 5) is 270. The number of H-pyrrole nitrogens is 1. The van der Waals surface area contributed by atoms with Crippen molar-refractivity contribution in [1.82, 2.24) is 92.5 Å². The zero-order valence-corrected chi connectivity index (χ0v) is 78.2. The van der Waals surface area contributed by atoms with Crippen LogP contribution in [-0.4, -0.2) is 335 Å². The van der Waals surface area contributed by atoms with Gasteiger partial charge in [0.15, 0.2) is 5.96 Å². The maximum Gasteiger partial charge on any atom is 0.323 e. The van der Waals surface area contributed by atoms with E-state index in [2.05, 4.69) is 63.5 Å². The van der Waals surface area contributed by atoms with E-state index in [-0.39, 0.29) is 89.5 Å². The molecule has 5 heterocycles. The van der Waals surface area contributed by atoms with Crippen LogP contribution in [0.5, 0.6) is 5.75 Å². The van der Waals surface area contributed by atoms with E-state index in [1.54, 1.807) is 82.4 Å². The molecule has 0 bridgehead atoms. The van der Waals surface area contributed by atoms with E-state index in [9.17, 15) is 78.3 Å². The van der Waals surface area contributed by atoms with Gasteiger partial charge in [0.25, 0.3) is 0 Å². The number of phenolic OH excluding ortho intramolecular Hbond substituents is 1. The summed E-state index contributed by atoms with van der Waals surface area (Å²) in [6.45, 7) is 3.93. The fourth-order valence-electron chi connectivity index (χ4n) is 16.6. The van der Waals surface area contributed by atoms with E-state index in [1.165, 1.54) is 63.1 Å². The number of hydrogen-bond acceptors (Lipinski definition) is 24. The first-order valence-electron chi connectivity index (χ1n) is 45.2. The molecule has 24 N–H and O–H groups in total. The summed E-state index contributed by atoms with van der Waals surface area (Å²) in [5.74, 6) is -20.5. The van der Waals surface area contributed by atoms with Crippen LogP contribution < -0.4 is 75.7 Å². The summed E-state index contributed by atoms with van der Waals surface area (Å²) in [5.41, 5.74) is 18.8. The van der Waals surface area contributed by atoms with Crippen LogP contribution in [0.2, 0.25) is 0 Å². The molecule has 2 aromatic heterocycles. The topological polar surface area (TPSA) is 680 Å². The molecule has 3 saturated heterocycles. The number of aliphatic hydroxyl groups is 3. The molecule has 0 aliphatic carbocycles. The lowest BCUT2D eigenvalue weighted by molar-refractivity contribution is -0.149. The van der Waals surface area contributed by atoms with Gasteiger partial charge in [-0.05, 0) is 98.7 Å². The van der Waals surface area contributed by atoms with E-state index in [1.807, 2.05) is 0 Å². The number of phenols is 1. The highest BCUT2D eigenvalue weighted by molar-refractivity contribution is 8.00. The Balaban J connectivity index is 1.21. The van der Waals surface area contributed by atoms with Crippen molar-refractivity contribution in [2.45, 2.75) is 235 Å². The van der Waals surface area contributed by atoms with E-state index < -0.39 is 273 Å². The number of unbranched alkanes of at least 4 members (excludes halogenated alkanes) is 2. The molecular weight excluding hydrogens is 1790 g/mol. The number of carbonyl (C=O) groups is 18. The number of benzene rings is 3. The lowest BCUT2D eigenvalue weighted by atomic mass is 10.00. The van der Waals surface area contributed by atoms with Gasteiger partial charge in [-0.2, -0.15) is 0 Å². The summed E-state index contributed by atoms with van der Waals surface area (Å²) >= 11 is 0.736. The van der Waals surface area contributed by atoms with Gasteiger partial charge in [-0.3, -0.25) is 91.7 Å². The summed E-state index contributed by atoms with van der Waals surface area (Å²) in [6, 6.07) is -4.05. The number of nitrogens with one attached hydrogen (secondary N) is 13. The van der Waals surface area contributed by atoms with Crippen molar-refractivity contribution in [3.05, 3.63) is 102 Å². The highest BCUT2D eigenvalue weighted by Crippen LogP contribution is 2.29. The number of amides is 17. The SMILES string of the molecule is CCCC[C@H]1C(=O)N(C)[C@@H](CCCC)C(=O)N[C@@H](CCCNC(=N)N)C(=O)N[C@H](C(=O)NCC(N)=O)CSCC(=O)N[C@@H](Cc2ccc(O)cc2)C(=O)N(C)[C@@H](C)C(=O)N[C@@H](CC(N)=O)C(=O)N2CCC[C@H]2C(=O)N[C@@H](CO)C(=O)N[C@@H](CC(C)C)C(=O)N2C[C@H](O)C[C@H]2C(=O)N[C@@H](Cc2c[nH]c3ccccc23)C(=O)N[C@@H](CO)C(=O)N[C@@H](Cc2cn(CC(=O)O)c3ccccc23)C(=O)N1C. The number of fused-ring (bicyclic) bond motifs is 4. The molecule has 742 valence electrons. The van der Waals surface area contributed by atoms with Gasteiger partial charge >= 0.3 is 5.97 Å². The largest absolute Gasteiger partial charge is 0.508 e. The molecule has 3 fully saturated rings. The molecule has 3 aliphatic rings. The van der Waals surface area contributed by atoms with E-state index in [0.29, 0.717) is 51.3 Å². The number of primary amides is 2.